The van der Waals surface area contributed by atoms with Gasteiger partial charge in [-0.15, -0.1) is 0 Å². The molecule has 2 N–H and O–H groups in total. The smallest absolute Gasteiger partial charge is 0.372 e. The van der Waals surface area contributed by atoms with Crippen LogP contribution in [-0.2, 0) is 16.0 Å². The van der Waals surface area contributed by atoms with Crippen molar-refractivity contribution in [2.45, 2.75) is 6.42 Å². The van der Waals surface area contributed by atoms with Crippen LogP contribution in [0.1, 0.15) is 5.56 Å². The van der Waals surface area contributed by atoms with Crippen LogP contribution < -0.4 is 4.74 Å². The average molecular weight is 233 g/mol. The number of carbonyl (C=O) groups is 2. The number of hydrogen-bond donors (Lipinski definition) is 2. The van der Waals surface area contributed by atoms with Gasteiger partial charge in [0, 0.05) is 23.5 Å². The van der Waals surface area contributed by atoms with Crippen LogP contribution in [-0.4, -0.2) is 29.0 Å². The second kappa shape index (κ2) is 4.29. The maximum atomic E-state index is 11.2. The highest BCUT2D eigenvalue weighted by Crippen LogP contribution is 2.23. The molecule has 17 heavy (non-hydrogen) atoms. The molecule has 0 fully saturated rings. The maximum absolute atomic E-state index is 11.2. The second-order valence-electron chi connectivity index (χ2n) is 3.63. The van der Waals surface area contributed by atoms with E-state index in [1.54, 1.807) is 25.4 Å². The van der Waals surface area contributed by atoms with Crippen molar-refractivity contribution in [2.75, 3.05) is 7.11 Å². The quantitative estimate of drug-likeness (QED) is 0.782. The molecular weight excluding hydrogens is 222 g/mol. The number of rotatable bonds is 4. The third-order valence-electron chi connectivity index (χ3n) is 2.56. The fourth-order valence-corrected chi connectivity index (χ4v) is 1.68. The first-order valence-corrected chi connectivity index (χ1v) is 5.02. The number of hydrogen-bond acceptors (Lipinski definition) is 3. The summed E-state index contributed by atoms with van der Waals surface area (Å²) in [6, 6.07) is 5.39. The van der Waals surface area contributed by atoms with Crippen LogP contribution in [0.2, 0.25) is 0 Å². The molecule has 5 heteroatoms. The lowest BCUT2D eigenvalue weighted by Gasteiger charge is -2.00. The normalized spacial score (nSPS) is 10.4. The molecule has 88 valence electrons. The largest absolute Gasteiger partial charge is 0.497 e. The number of aliphatic carboxylic acids is 1. The molecule has 0 unspecified atom stereocenters. The third-order valence-corrected chi connectivity index (χ3v) is 2.56. The Bertz CT molecular complexity index is 585. The van der Waals surface area contributed by atoms with Gasteiger partial charge in [0.25, 0.3) is 0 Å². The number of H-pyrrole nitrogens is 1. The molecule has 2 aromatic rings. The number of ketones is 1. The molecule has 0 amide bonds. The summed E-state index contributed by atoms with van der Waals surface area (Å²) in [6.07, 6.45) is 1.52. The number of carboxylic acid groups (broad SMARTS) is 1. The minimum Gasteiger partial charge on any atom is -0.497 e. The SMILES string of the molecule is COc1ccc2[nH]cc(CC(=O)C(=O)O)c2c1. The summed E-state index contributed by atoms with van der Waals surface area (Å²) in [5.74, 6) is -1.57. The minimum atomic E-state index is -1.41. The second-order valence-corrected chi connectivity index (χ2v) is 3.63. The fraction of sp³-hybridized carbons (Fsp3) is 0.167. The highest BCUT2D eigenvalue weighted by atomic mass is 16.5. The van der Waals surface area contributed by atoms with Crippen molar-refractivity contribution in [3.05, 3.63) is 30.0 Å². The highest BCUT2D eigenvalue weighted by molar-refractivity contribution is 6.33. The van der Waals surface area contributed by atoms with E-state index in [2.05, 4.69) is 4.98 Å². The van der Waals surface area contributed by atoms with Gasteiger partial charge in [-0.3, -0.25) is 4.79 Å². The number of ether oxygens (including phenoxy) is 1. The van der Waals surface area contributed by atoms with E-state index in [0.717, 1.165) is 10.9 Å². The number of benzene rings is 1. The van der Waals surface area contributed by atoms with Crippen molar-refractivity contribution >= 4 is 22.7 Å². The molecule has 5 nitrogen and oxygen atoms in total. The van der Waals surface area contributed by atoms with E-state index in [-0.39, 0.29) is 6.42 Å². The molecule has 0 aliphatic rings. The molecule has 2 rings (SSSR count). The van der Waals surface area contributed by atoms with Gasteiger partial charge in [-0.05, 0) is 23.8 Å². The van der Waals surface area contributed by atoms with E-state index < -0.39 is 11.8 Å². The number of aromatic nitrogens is 1. The third kappa shape index (κ3) is 2.13. The van der Waals surface area contributed by atoms with Crippen LogP contribution in [0.5, 0.6) is 5.75 Å². The standard InChI is InChI=1S/C12H11NO4/c1-17-8-2-3-10-9(5-8)7(6-13-10)4-11(14)12(15)16/h2-3,5-6,13H,4H2,1H3,(H,15,16). The molecule has 0 bridgehead atoms. The summed E-state index contributed by atoms with van der Waals surface area (Å²) in [5, 5.41) is 9.37. The van der Waals surface area contributed by atoms with Gasteiger partial charge in [0.15, 0.2) is 0 Å². The number of carbonyl (C=O) groups excluding carboxylic acids is 1. The van der Waals surface area contributed by atoms with E-state index in [4.69, 9.17) is 9.84 Å². The van der Waals surface area contributed by atoms with Crippen molar-refractivity contribution in [1.82, 2.24) is 4.98 Å². The lowest BCUT2D eigenvalue weighted by atomic mass is 10.1. The van der Waals surface area contributed by atoms with Crippen molar-refractivity contribution in [2.24, 2.45) is 0 Å². The molecule has 1 heterocycles. The molecule has 0 atom stereocenters. The number of aromatic amines is 1. The van der Waals surface area contributed by atoms with Gasteiger partial charge in [-0.2, -0.15) is 0 Å². The van der Waals surface area contributed by atoms with E-state index in [9.17, 15) is 9.59 Å². The number of fused-ring (bicyclic) bond motifs is 1. The summed E-state index contributed by atoms with van der Waals surface area (Å²) in [7, 11) is 1.55. The molecule has 0 aliphatic carbocycles. The Hall–Kier alpha value is -2.30. The molecule has 0 saturated carbocycles. The summed E-state index contributed by atoms with van der Waals surface area (Å²) in [5.41, 5.74) is 1.50. The zero-order valence-corrected chi connectivity index (χ0v) is 9.19. The Morgan fingerprint density at radius 2 is 2.18 bits per heavy atom. The predicted octanol–water partition coefficient (Wildman–Crippen LogP) is 1.37. The predicted molar refractivity (Wildman–Crippen MR) is 61.2 cm³/mol. The van der Waals surface area contributed by atoms with E-state index in [0.29, 0.717) is 11.3 Å². The van der Waals surface area contributed by atoms with E-state index in [1.165, 1.54) is 0 Å². The molecule has 1 aromatic carbocycles. The first kappa shape index (κ1) is 11.2. The van der Waals surface area contributed by atoms with E-state index in [1.807, 2.05) is 6.07 Å². The number of methoxy groups -OCH3 is 1. The van der Waals surface area contributed by atoms with Gasteiger partial charge >= 0.3 is 5.97 Å². The van der Waals surface area contributed by atoms with Gasteiger partial charge in [-0.25, -0.2) is 4.79 Å². The van der Waals surface area contributed by atoms with Crippen LogP contribution in [0.3, 0.4) is 0 Å². The van der Waals surface area contributed by atoms with Crippen molar-refractivity contribution in [3.8, 4) is 5.75 Å². The summed E-state index contributed by atoms with van der Waals surface area (Å²) in [6.45, 7) is 0. The molecule has 0 spiro atoms. The van der Waals surface area contributed by atoms with Crippen molar-refractivity contribution < 1.29 is 19.4 Å². The zero-order chi connectivity index (χ0) is 12.4. The van der Waals surface area contributed by atoms with Crippen LogP contribution >= 0.6 is 0 Å². The topological polar surface area (TPSA) is 79.4 Å². The van der Waals surface area contributed by atoms with Crippen LogP contribution in [0.15, 0.2) is 24.4 Å². The average Bonchev–Trinajstić information content (AvgIpc) is 2.71. The first-order valence-electron chi connectivity index (χ1n) is 5.02. The minimum absolute atomic E-state index is 0.123. The van der Waals surface area contributed by atoms with Crippen molar-refractivity contribution in [3.63, 3.8) is 0 Å². The Labute approximate surface area is 97.0 Å². The van der Waals surface area contributed by atoms with Gasteiger partial charge in [0.1, 0.15) is 5.75 Å². The van der Waals surface area contributed by atoms with Gasteiger partial charge in [0.05, 0.1) is 7.11 Å². The van der Waals surface area contributed by atoms with Crippen molar-refractivity contribution in [1.29, 1.82) is 0 Å². The fourth-order valence-electron chi connectivity index (χ4n) is 1.68. The summed E-state index contributed by atoms with van der Waals surface area (Å²) in [4.78, 5) is 24.6. The Balaban J connectivity index is 2.40. The highest BCUT2D eigenvalue weighted by Gasteiger charge is 2.15. The van der Waals surface area contributed by atoms with Gasteiger partial charge < -0.3 is 14.8 Å². The summed E-state index contributed by atoms with van der Waals surface area (Å²) >= 11 is 0. The number of carboxylic acids is 1. The maximum Gasteiger partial charge on any atom is 0.372 e. The lowest BCUT2D eigenvalue weighted by molar-refractivity contribution is -0.148. The molecule has 0 radical (unpaired) electrons. The summed E-state index contributed by atoms with van der Waals surface area (Å²) < 4.78 is 5.08. The number of Topliss-reactive ketones (excluding diaryl/α,β-unsaturated/α-hetero) is 1. The van der Waals surface area contributed by atoms with Gasteiger partial charge in [0.2, 0.25) is 5.78 Å². The molecular formula is C12H11NO4. The molecule has 0 saturated heterocycles. The lowest BCUT2D eigenvalue weighted by Crippen LogP contribution is -2.14. The number of nitrogens with one attached hydrogen (secondary N) is 1. The van der Waals surface area contributed by atoms with E-state index >= 15 is 0 Å². The van der Waals surface area contributed by atoms with Crippen LogP contribution in [0.25, 0.3) is 10.9 Å². The Morgan fingerprint density at radius 1 is 1.41 bits per heavy atom. The molecule has 0 aliphatic heterocycles. The van der Waals surface area contributed by atoms with Crippen LogP contribution in [0, 0.1) is 0 Å². The van der Waals surface area contributed by atoms with Crippen LogP contribution in [0.4, 0.5) is 0 Å². The zero-order valence-electron chi connectivity index (χ0n) is 9.19. The first-order chi connectivity index (χ1) is 8.11. The Morgan fingerprint density at radius 3 is 2.82 bits per heavy atom. The van der Waals surface area contributed by atoms with Gasteiger partial charge in [-0.1, -0.05) is 0 Å². The molecule has 1 aromatic heterocycles. The monoisotopic (exact) mass is 233 g/mol. The Kier molecular flexibility index (Phi) is 2.82.